The van der Waals surface area contributed by atoms with Gasteiger partial charge < -0.3 is 15.6 Å². The lowest BCUT2D eigenvalue weighted by atomic mass is 10.2. The lowest BCUT2D eigenvalue weighted by Gasteiger charge is -2.16. The highest BCUT2D eigenvalue weighted by Crippen LogP contribution is 2.22. The highest BCUT2D eigenvalue weighted by molar-refractivity contribution is 5.85. The van der Waals surface area contributed by atoms with Gasteiger partial charge in [-0.15, -0.1) is 0 Å². The molecule has 3 N–H and O–H groups in total. The minimum Gasteiger partial charge on any atom is -0.477 e. The Kier molecular flexibility index (Phi) is 3.05. The van der Waals surface area contributed by atoms with E-state index in [1.807, 2.05) is 0 Å². The molecule has 2 atom stereocenters. The molecular weight excluding hydrogens is 208 g/mol. The molecule has 1 aromatic rings. The van der Waals surface area contributed by atoms with Gasteiger partial charge in [0.25, 0.3) is 0 Å². The number of aromatic nitrogens is 1. The van der Waals surface area contributed by atoms with Crippen molar-refractivity contribution in [1.29, 1.82) is 0 Å². The van der Waals surface area contributed by atoms with Gasteiger partial charge in [0, 0.05) is 12.1 Å². The van der Waals surface area contributed by atoms with Gasteiger partial charge in [-0.25, -0.2) is 9.78 Å². The molecule has 2 unspecified atom stereocenters. The summed E-state index contributed by atoms with van der Waals surface area (Å²) < 4.78 is 5.58. The van der Waals surface area contributed by atoms with Crippen LogP contribution in [0, 0.1) is 0 Å². The molecule has 16 heavy (non-hydrogen) atoms. The molecule has 0 amide bonds. The van der Waals surface area contributed by atoms with Gasteiger partial charge in [-0.1, -0.05) is 6.07 Å². The van der Waals surface area contributed by atoms with Crippen LogP contribution in [-0.2, 0) is 0 Å². The van der Waals surface area contributed by atoms with Crippen molar-refractivity contribution in [3.05, 3.63) is 23.9 Å². The first kappa shape index (κ1) is 10.9. The fourth-order valence-electron chi connectivity index (χ4n) is 1.86. The van der Waals surface area contributed by atoms with Crippen LogP contribution in [0.4, 0.5) is 0 Å². The minimum absolute atomic E-state index is 0.0101. The fraction of sp³-hybridized carbons (Fsp3) is 0.455. The molecule has 2 rings (SSSR count). The van der Waals surface area contributed by atoms with Crippen LogP contribution in [0.15, 0.2) is 18.2 Å². The molecule has 5 heteroatoms. The highest BCUT2D eigenvalue weighted by Gasteiger charge is 2.26. The summed E-state index contributed by atoms with van der Waals surface area (Å²) in [6, 6.07) is 4.73. The van der Waals surface area contributed by atoms with E-state index in [9.17, 15) is 4.79 Å². The number of carboxylic acids is 1. The van der Waals surface area contributed by atoms with E-state index >= 15 is 0 Å². The Hall–Kier alpha value is -1.62. The molecule has 1 fully saturated rings. The van der Waals surface area contributed by atoms with Crippen molar-refractivity contribution in [3.63, 3.8) is 0 Å². The first-order chi connectivity index (χ1) is 7.66. The molecule has 5 nitrogen and oxygen atoms in total. The van der Waals surface area contributed by atoms with Crippen molar-refractivity contribution in [2.24, 2.45) is 5.73 Å². The van der Waals surface area contributed by atoms with Crippen LogP contribution in [0.25, 0.3) is 0 Å². The fourth-order valence-corrected chi connectivity index (χ4v) is 1.86. The molecule has 0 saturated heterocycles. The van der Waals surface area contributed by atoms with Gasteiger partial charge in [-0.05, 0) is 25.3 Å². The summed E-state index contributed by atoms with van der Waals surface area (Å²) in [7, 11) is 0. The number of pyridine rings is 1. The van der Waals surface area contributed by atoms with Crippen LogP contribution in [0.1, 0.15) is 29.8 Å². The summed E-state index contributed by atoms with van der Waals surface area (Å²) in [5.41, 5.74) is 5.85. The van der Waals surface area contributed by atoms with Crippen LogP contribution in [0.3, 0.4) is 0 Å². The number of hydrogen-bond acceptors (Lipinski definition) is 4. The SMILES string of the molecule is NC1CCCC1Oc1cccc(C(=O)O)n1. The number of carboxylic acid groups (broad SMARTS) is 1. The van der Waals surface area contributed by atoms with E-state index in [1.54, 1.807) is 12.1 Å². The van der Waals surface area contributed by atoms with Gasteiger partial charge in [0.1, 0.15) is 6.10 Å². The molecule has 0 spiro atoms. The number of rotatable bonds is 3. The van der Waals surface area contributed by atoms with Gasteiger partial charge in [0.05, 0.1) is 0 Å². The Balaban J connectivity index is 2.09. The summed E-state index contributed by atoms with van der Waals surface area (Å²) in [4.78, 5) is 14.6. The molecule has 1 aliphatic rings. The minimum atomic E-state index is -1.05. The van der Waals surface area contributed by atoms with Crippen LogP contribution < -0.4 is 10.5 Å². The second-order valence-corrected chi connectivity index (χ2v) is 3.92. The van der Waals surface area contributed by atoms with Crippen molar-refractivity contribution in [2.75, 3.05) is 0 Å². The summed E-state index contributed by atoms with van der Waals surface area (Å²) in [5, 5.41) is 8.78. The maximum atomic E-state index is 10.7. The van der Waals surface area contributed by atoms with Crippen molar-refractivity contribution in [3.8, 4) is 5.88 Å². The van der Waals surface area contributed by atoms with Gasteiger partial charge in [0.15, 0.2) is 5.69 Å². The second-order valence-electron chi connectivity index (χ2n) is 3.92. The number of nitrogens with zero attached hydrogens (tertiary/aromatic N) is 1. The average Bonchev–Trinajstić information content (AvgIpc) is 2.65. The first-order valence-electron chi connectivity index (χ1n) is 5.29. The summed E-state index contributed by atoms with van der Waals surface area (Å²) in [6.07, 6.45) is 2.85. The van der Waals surface area contributed by atoms with E-state index < -0.39 is 5.97 Å². The standard InChI is InChI=1S/C11H14N2O3/c12-7-3-1-5-9(7)16-10-6-2-4-8(13-10)11(14)15/h2,4,6-7,9H,1,3,5,12H2,(H,14,15). The van der Waals surface area contributed by atoms with Gasteiger partial charge in [-0.2, -0.15) is 0 Å². The predicted molar refractivity (Wildman–Crippen MR) is 57.4 cm³/mol. The third-order valence-electron chi connectivity index (χ3n) is 2.72. The zero-order chi connectivity index (χ0) is 11.5. The molecule has 0 aromatic carbocycles. The molecule has 1 heterocycles. The van der Waals surface area contributed by atoms with Crippen LogP contribution in [-0.4, -0.2) is 28.2 Å². The van der Waals surface area contributed by atoms with Gasteiger partial charge in [-0.3, -0.25) is 0 Å². The molecule has 0 aliphatic heterocycles. The molecular formula is C11H14N2O3. The molecule has 0 bridgehead atoms. The van der Waals surface area contributed by atoms with E-state index in [0.717, 1.165) is 19.3 Å². The largest absolute Gasteiger partial charge is 0.477 e. The monoisotopic (exact) mass is 222 g/mol. The summed E-state index contributed by atoms with van der Waals surface area (Å²) in [6.45, 7) is 0. The Morgan fingerprint density at radius 1 is 1.50 bits per heavy atom. The van der Waals surface area contributed by atoms with Crippen molar-refractivity contribution >= 4 is 5.97 Å². The maximum absolute atomic E-state index is 10.7. The molecule has 1 aliphatic carbocycles. The number of aromatic carboxylic acids is 1. The van der Waals surface area contributed by atoms with Crippen LogP contribution >= 0.6 is 0 Å². The Bertz CT molecular complexity index is 395. The average molecular weight is 222 g/mol. The maximum Gasteiger partial charge on any atom is 0.354 e. The van der Waals surface area contributed by atoms with Crippen molar-refractivity contribution in [1.82, 2.24) is 4.98 Å². The zero-order valence-electron chi connectivity index (χ0n) is 8.80. The summed E-state index contributed by atoms with van der Waals surface area (Å²) in [5.74, 6) is -0.719. The van der Waals surface area contributed by atoms with Gasteiger partial charge in [0.2, 0.25) is 5.88 Å². The Labute approximate surface area is 93.2 Å². The van der Waals surface area contributed by atoms with Crippen LogP contribution in [0.5, 0.6) is 5.88 Å². The van der Waals surface area contributed by atoms with Gasteiger partial charge >= 0.3 is 5.97 Å². The Morgan fingerprint density at radius 2 is 2.31 bits per heavy atom. The number of hydrogen-bond donors (Lipinski definition) is 2. The molecule has 86 valence electrons. The highest BCUT2D eigenvalue weighted by atomic mass is 16.5. The van der Waals surface area contributed by atoms with E-state index in [2.05, 4.69) is 4.98 Å². The smallest absolute Gasteiger partial charge is 0.354 e. The summed E-state index contributed by atoms with van der Waals surface area (Å²) >= 11 is 0. The predicted octanol–water partition coefficient (Wildman–Crippen LogP) is 1.04. The number of ether oxygens (including phenoxy) is 1. The lowest BCUT2D eigenvalue weighted by molar-refractivity contribution is 0.0688. The topological polar surface area (TPSA) is 85.4 Å². The van der Waals surface area contributed by atoms with E-state index in [4.69, 9.17) is 15.6 Å². The number of carbonyl (C=O) groups is 1. The van der Waals surface area contributed by atoms with E-state index in [1.165, 1.54) is 6.07 Å². The Morgan fingerprint density at radius 3 is 2.94 bits per heavy atom. The molecule has 1 aromatic heterocycles. The van der Waals surface area contributed by atoms with E-state index in [0.29, 0.717) is 5.88 Å². The van der Waals surface area contributed by atoms with Crippen LogP contribution in [0.2, 0.25) is 0 Å². The normalized spacial score (nSPS) is 24.3. The quantitative estimate of drug-likeness (QED) is 0.798. The molecule has 1 saturated carbocycles. The van der Waals surface area contributed by atoms with Crippen molar-refractivity contribution < 1.29 is 14.6 Å². The zero-order valence-corrected chi connectivity index (χ0v) is 8.80. The van der Waals surface area contributed by atoms with E-state index in [-0.39, 0.29) is 17.8 Å². The first-order valence-corrected chi connectivity index (χ1v) is 5.29. The lowest BCUT2D eigenvalue weighted by Crippen LogP contribution is -2.33. The second kappa shape index (κ2) is 4.49. The third-order valence-corrected chi connectivity index (χ3v) is 2.72. The number of nitrogens with two attached hydrogens (primary N) is 1. The third kappa shape index (κ3) is 2.30. The molecule has 0 radical (unpaired) electrons. The van der Waals surface area contributed by atoms with Crippen molar-refractivity contribution in [2.45, 2.75) is 31.4 Å².